The van der Waals surface area contributed by atoms with Crippen LogP contribution >= 0.6 is 0 Å². The summed E-state index contributed by atoms with van der Waals surface area (Å²) in [6.07, 6.45) is 5.23. The number of rotatable bonds is 4. The Balaban J connectivity index is 1.81. The summed E-state index contributed by atoms with van der Waals surface area (Å²) in [5, 5.41) is 0. The van der Waals surface area contributed by atoms with Gasteiger partial charge in [0, 0.05) is 11.3 Å². The van der Waals surface area contributed by atoms with Crippen molar-refractivity contribution in [2.75, 3.05) is 0 Å². The molecule has 2 aromatic rings. The maximum absolute atomic E-state index is 6.17. The van der Waals surface area contributed by atoms with Gasteiger partial charge in [0.05, 0.1) is 0 Å². The summed E-state index contributed by atoms with van der Waals surface area (Å²) < 4.78 is 5.97. The Morgan fingerprint density at radius 3 is 2.86 bits per heavy atom. The SMILES string of the molecule is CCc1cccc(OCc2cccc3c2C(N)=CCC3)c1. The van der Waals surface area contributed by atoms with Crippen molar-refractivity contribution in [1.29, 1.82) is 0 Å². The van der Waals surface area contributed by atoms with E-state index in [2.05, 4.69) is 43.3 Å². The van der Waals surface area contributed by atoms with E-state index in [0.29, 0.717) is 6.61 Å². The van der Waals surface area contributed by atoms with Crippen molar-refractivity contribution in [3.8, 4) is 5.75 Å². The monoisotopic (exact) mass is 279 g/mol. The molecule has 0 radical (unpaired) electrons. The highest BCUT2D eigenvalue weighted by Gasteiger charge is 2.14. The van der Waals surface area contributed by atoms with Crippen molar-refractivity contribution in [3.05, 3.63) is 70.8 Å². The molecule has 0 fully saturated rings. The number of fused-ring (bicyclic) bond motifs is 1. The maximum atomic E-state index is 6.17. The standard InChI is InChI=1S/C19H21NO/c1-2-14-6-3-10-17(12-14)21-13-16-9-4-7-15-8-5-11-18(20)19(15)16/h3-4,6-7,9-12H,2,5,8,13,20H2,1H3. The Morgan fingerprint density at radius 2 is 2.00 bits per heavy atom. The number of hydrogen-bond donors (Lipinski definition) is 1. The number of nitrogens with two attached hydrogens (primary N) is 1. The fraction of sp³-hybridized carbons (Fsp3) is 0.263. The molecule has 2 aromatic carbocycles. The van der Waals surface area contributed by atoms with Crippen LogP contribution in [0.2, 0.25) is 0 Å². The van der Waals surface area contributed by atoms with Crippen LogP contribution in [-0.2, 0) is 19.4 Å². The van der Waals surface area contributed by atoms with E-state index in [1.807, 2.05) is 12.1 Å². The first kappa shape index (κ1) is 13.7. The Kier molecular flexibility index (Phi) is 3.96. The summed E-state index contributed by atoms with van der Waals surface area (Å²) in [5.41, 5.74) is 12.0. The summed E-state index contributed by atoms with van der Waals surface area (Å²) in [4.78, 5) is 0. The summed E-state index contributed by atoms with van der Waals surface area (Å²) in [6.45, 7) is 2.71. The first-order valence-electron chi connectivity index (χ1n) is 7.56. The fourth-order valence-electron chi connectivity index (χ4n) is 2.85. The van der Waals surface area contributed by atoms with Crippen LogP contribution in [0.3, 0.4) is 0 Å². The van der Waals surface area contributed by atoms with E-state index in [1.54, 1.807) is 0 Å². The lowest BCUT2D eigenvalue weighted by atomic mass is 9.91. The quantitative estimate of drug-likeness (QED) is 0.915. The predicted molar refractivity (Wildman–Crippen MR) is 87.1 cm³/mol. The zero-order valence-electron chi connectivity index (χ0n) is 12.4. The van der Waals surface area contributed by atoms with Crippen LogP contribution in [0.4, 0.5) is 0 Å². The topological polar surface area (TPSA) is 35.2 Å². The van der Waals surface area contributed by atoms with Crippen LogP contribution in [0, 0.1) is 0 Å². The van der Waals surface area contributed by atoms with E-state index in [1.165, 1.54) is 22.3 Å². The van der Waals surface area contributed by atoms with Gasteiger partial charge in [-0.15, -0.1) is 0 Å². The van der Waals surface area contributed by atoms with Gasteiger partial charge in [-0.2, -0.15) is 0 Å². The van der Waals surface area contributed by atoms with Crippen LogP contribution in [0.1, 0.15) is 35.6 Å². The van der Waals surface area contributed by atoms with E-state index < -0.39 is 0 Å². The summed E-state index contributed by atoms with van der Waals surface area (Å²) >= 11 is 0. The van der Waals surface area contributed by atoms with Crippen molar-refractivity contribution in [3.63, 3.8) is 0 Å². The summed E-state index contributed by atoms with van der Waals surface area (Å²) in [7, 11) is 0. The van der Waals surface area contributed by atoms with Crippen LogP contribution < -0.4 is 10.5 Å². The minimum atomic E-state index is 0.560. The third kappa shape index (κ3) is 2.94. The van der Waals surface area contributed by atoms with Crippen molar-refractivity contribution < 1.29 is 4.74 Å². The molecule has 0 aromatic heterocycles. The zero-order chi connectivity index (χ0) is 14.7. The van der Waals surface area contributed by atoms with Crippen LogP contribution in [0.25, 0.3) is 5.70 Å². The third-order valence-corrected chi connectivity index (χ3v) is 4.00. The number of aryl methyl sites for hydroxylation is 2. The average Bonchev–Trinajstić information content (AvgIpc) is 2.53. The highest BCUT2D eigenvalue weighted by molar-refractivity contribution is 5.70. The molecule has 0 spiro atoms. The highest BCUT2D eigenvalue weighted by atomic mass is 16.5. The highest BCUT2D eigenvalue weighted by Crippen LogP contribution is 2.27. The number of ether oxygens (including phenoxy) is 1. The van der Waals surface area contributed by atoms with Gasteiger partial charge in [0.1, 0.15) is 12.4 Å². The van der Waals surface area contributed by atoms with Crippen LogP contribution in [0.5, 0.6) is 5.75 Å². The van der Waals surface area contributed by atoms with E-state index >= 15 is 0 Å². The lowest BCUT2D eigenvalue weighted by Crippen LogP contribution is -2.11. The third-order valence-electron chi connectivity index (χ3n) is 4.00. The predicted octanol–water partition coefficient (Wildman–Crippen LogP) is 4.07. The van der Waals surface area contributed by atoms with Gasteiger partial charge in [0.2, 0.25) is 0 Å². The minimum Gasteiger partial charge on any atom is -0.489 e. The molecule has 3 rings (SSSR count). The minimum absolute atomic E-state index is 0.560. The maximum Gasteiger partial charge on any atom is 0.120 e. The second-order valence-corrected chi connectivity index (χ2v) is 5.44. The number of hydrogen-bond acceptors (Lipinski definition) is 2. The van der Waals surface area contributed by atoms with Gasteiger partial charge >= 0.3 is 0 Å². The fourth-order valence-corrected chi connectivity index (χ4v) is 2.85. The molecule has 2 heteroatoms. The molecule has 0 saturated heterocycles. The second-order valence-electron chi connectivity index (χ2n) is 5.44. The van der Waals surface area contributed by atoms with E-state index in [4.69, 9.17) is 10.5 Å². The van der Waals surface area contributed by atoms with Crippen LogP contribution in [-0.4, -0.2) is 0 Å². The molecule has 0 bridgehead atoms. The van der Waals surface area contributed by atoms with Gasteiger partial charge in [-0.3, -0.25) is 0 Å². The molecule has 0 amide bonds. The molecule has 0 heterocycles. The first-order valence-corrected chi connectivity index (χ1v) is 7.56. The zero-order valence-corrected chi connectivity index (χ0v) is 12.4. The summed E-state index contributed by atoms with van der Waals surface area (Å²) in [6, 6.07) is 14.6. The normalized spacial score (nSPS) is 13.5. The van der Waals surface area contributed by atoms with Gasteiger partial charge in [-0.1, -0.05) is 43.3 Å². The number of allylic oxidation sites excluding steroid dienone is 1. The molecule has 2 N–H and O–H groups in total. The Labute approximate surface area is 126 Å². The first-order chi connectivity index (χ1) is 10.3. The molecule has 1 aliphatic carbocycles. The van der Waals surface area contributed by atoms with Crippen molar-refractivity contribution in [2.45, 2.75) is 32.8 Å². The second kappa shape index (κ2) is 6.04. The molecule has 1 aliphatic rings. The largest absolute Gasteiger partial charge is 0.489 e. The van der Waals surface area contributed by atoms with Gasteiger partial charge in [0.15, 0.2) is 0 Å². The van der Waals surface area contributed by atoms with Gasteiger partial charge in [-0.05, 0) is 48.1 Å². The molecule has 108 valence electrons. The van der Waals surface area contributed by atoms with Gasteiger partial charge in [-0.25, -0.2) is 0 Å². The lowest BCUT2D eigenvalue weighted by molar-refractivity contribution is 0.305. The molecular weight excluding hydrogens is 258 g/mol. The van der Waals surface area contributed by atoms with Crippen LogP contribution in [0.15, 0.2) is 48.5 Å². The lowest BCUT2D eigenvalue weighted by Gasteiger charge is -2.19. The Hall–Kier alpha value is -2.22. The molecule has 2 nitrogen and oxygen atoms in total. The number of benzene rings is 2. The Bertz CT molecular complexity index is 673. The van der Waals surface area contributed by atoms with E-state index in [0.717, 1.165) is 30.7 Å². The molecule has 21 heavy (non-hydrogen) atoms. The molecular formula is C19H21NO. The van der Waals surface area contributed by atoms with Gasteiger partial charge < -0.3 is 10.5 Å². The van der Waals surface area contributed by atoms with E-state index in [9.17, 15) is 0 Å². The van der Waals surface area contributed by atoms with Gasteiger partial charge in [0.25, 0.3) is 0 Å². The molecule has 0 atom stereocenters. The average molecular weight is 279 g/mol. The molecule has 0 unspecified atom stereocenters. The molecule has 0 aliphatic heterocycles. The van der Waals surface area contributed by atoms with Crippen molar-refractivity contribution >= 4 is 5.70 Å². The summed E-state index contributed by atoms with van der Waals surface area (Å²) in [5.74, 6) is 0.922. The van der Waals surface area contributed by atoms with Crippen molar-refractivity contribution in [2.24, 2.45) is 5.73 Å². The smallest absolute Gasteiger partial charge is 0.120 e. The van der Waals surface area contributed by atoms with Crippen molar-refractivity contribution in [1.82, 2.24) is 0 Å². The Morgan fingerprint density at radius 1 is 1.14 bits per heavy atom. The van der Waals surface area contributed by atoms with E-state index in [-0.39, 0.29) is 0 Å². The molecule has 0 saturated carbocycles.